The monoisotopic (exact) mass is 315 g/mol. The van der Waals surface area contributed by atoms with Crippen molar-refractivity contribution in [3.05, 3.63) is 0 Å². The molecular formula is C17H33NO4. The third-order valence-electron chi connectivity index (χ3n) is 3.66. The molecule has 22 heavy (non-hydrogen) atoms. The average molecular weight is 315 g/mol. The van der Waals surface area contributed by atoms with Crippen LogP contribution in [0.2, 0.25) is 0 Å². The number of carbonyl (C=O) groups is 2. The number of imide groups is 1. The molecule has 5 heteroatoms. The van der Waals surface area contributed by atoms with Gasteiger partial charge in [-0.25, -0.2) is 14.5 Å². The van der Waals surface area contributed by atoms with Crippen LogP contribution in [0.15, 0.2) is 0 Å². The number of hydrogen-bond acceptors (Lipinski definition) is 3. The molecule has 0 aliphatic rings. The molecule has 0 fully saturated rings. The summed E-state index contributed by atoms with van der Waals surface area (Å²) in [5.41, 5.74) is 0. The zero-order valence-corrected chi connectivity index (χ0v) is 14.3. The first-order chi connectivity index (χ1) is 10.6. The average Bonchev–Trinajstić information content (AvgIpc) is 2.49. The molecule has 0 spiro atoms. The van der Waals surface area contributed by atoms with Crippen LogP contribution < -0.4 is 0 Å². The molecule has 0 aromatic rings. The number of hydrogen-bond donors (Lipinski definition) is 1. The van der Waals surface area contributed by atoms with E-state index in [4.69, 9.17) is 9.84 Å². The van der Waals surface area contributed by atoms with E-state index in [0.29, 0.717) is 13.0 Å². The van der Waals surface area contributed by atoms with Crippen LogP contribution in [0.3, 0.4) is 0 Å². The summed E-state index contributed by atoms with van der Waals surface area (Å²) >= 11 is 0. The van der Waals surface area contributed by atoms with Crippen LogP contribution >= 0.6 is 0 Å². The molecular weight excluding hydrogens is 282 g/mol. The van der Waals surface area contributed by atoms with E-state index in [-0.39, 0.29) is 6.54 Å². The highest BCUT2D eigenvalue weighted by Crippen LogP contribution is 2.08. The summed E-state index contributed by atoms with van der Waals surface area (Å²) in [7, 11) is 0. The van der Waals surface area contributed by atoms with Crippen LogP contribution in [-0.4, -0.2) is 35.3 Å². The summed E-state index contributed by atoms with van der Waals surface area (Å²) in [6.07, 6.45) is 9.81. The highest BCUT2D eigenvalue weighted by Gasteiger charge is 2.21. The first-order valence-electron chi connectivity index (χ1n) is 8.80. The number of carbonyl (C=O) groups excluding carboxylic acids is 1. The third-order valence-corrected chi connectivity index (χ3v) is 3.66. The maximum absolute atomic E-state index is 11.7. The number of rotatable bonds is 13. The lowest BCUT2D eigenvalue weighted by atomic mass is 10.1. The Morgan fingerprint density at radius 2 is 1.32 bits per heavy atom. The predicted molar refractivity (Wildman–Crippen MR) is 88.2 cm³/mol. The smallest absolute Gasteiger partial charge is 0.419 e. The highest BCUT2D eigenvalue weighted by atomic mass is 16.6. The van der Waals surface area contributed by atoms with E-state index >= 15 is 0 Å². The topological polar surface area (TPSA) is 66.8 Å². The summed E-state index contributed by atoms with van der Waals surface area (Å²) in [4.78, 5) is 23.6. The van der Waals surface area contributed by atoms with Crippen molar-refractivity contribution in [3.63, 3.8) is 0 Å². The van der Waals surface area contributed by atoms with Gasteiger partial charge in [-0.15, -0.1) is 0 Å². The lowest BCUT2D eigenvalue weighted by molar-refractivity contribution is 0.0924. The lowest BCUT2D eigenvalue weighted by Gasteiger charge is -2.16. The molecule has 0 bridgehead atoms. The Morgan fingerprint density at radius 1 is 0.818 bits per heavy atom. The summed E-state index contributed by atoms with van der Waals surface area (Å²) in [6, 6.07) is 0. The minimum Gasteiger partial charge on any atom is -0.465 e. The molecule has 0 unspecified atom stereocenters. The third kappa shape index (κ3) is 11.4. The van der Waals surface area contributed by atoms with Gasteiger partial charge < -0.3 is 9.84 Å². The second-order valence-corrected chi connectivity index (χ2v) is 5.73. The van der Waals surface area contributed by atoms with Gasteiger partial charge in [-0.05, 0) is 12.8 Å². The van der Waals surface area contributed by atoms with Crippen LogP contribution in [0.25, 0.3) is 0 Å². The summed E-state index contributed by atoms with van der Waals surface area (Å²) in [5.74, 6) is 0. The maximum Gasteiger partial charge on any atom is 0.419 e. The van der Waals surface area contributed by atoms with E-state index in [1.54, 1.807) is 0 Å². The molecule has 0 radical (unpaired) electrons. The van der Waals surface area contributed by atoms with Gasteiger partial charge in [-0.1, -0.05) is 71.6 Å². The first-order valence-corrected chi connectivity index (χ1v) is 8.80. The zero-order chi connectivity index (χ0) is 16.6. The Bertz CT molecular complexity index is 294. The normalized spacial score (nSPS) is 10.5. The molecule has 0 aromatic heterocycles. The Balaban J connectivity index is 3.73. The number of nitrogens with zero attached hydrogens (tertiary/aromatic N) is 1. The van der Waals surface area contributed by atoms with Crippen molar-refractivity contribution in [2.24, 2.45) is 0 Å². The summed E-state index contributed by atoms with van der Waals surface area (Å²) < 4.78 is 5.06. The molecule has 0 heterocycles. The Morgan fingerprint density at radius 3 is 1.86 bits per heavy atom. The van der Waals surface area contributed by atoms with Crippen molar-refractivity contribution in [2.75, 3.05) is 13.2 Å². The van der Waals surface area contributed by atoms with Gasteiger partial charge in [0.15, 0.2) is 0 Å². The Kier molecular flexibility index (Phi) is 13.8. The van der Waals surface area contributed by atoms with Crippen molar-refractivity contribution in [3.8, 4) is 0 Å². The van der Waals surface area contributed by atoms with E-state index in [1.807, 2.05) is 0 Å². The molecule has 0 saturated heterocycles. The largest absolute Gasteiger partial charge is 0.465 e. The number of unbranched alkanes of at least 4 members (excludes halogenated alkanes) is 9. The summed E-state index contributed by atoms with van der Waals surface area (Å²) in [5, 5.41) is 9.05. The molecule has 2 amide bonds. The van der Waals surface area contributed by atoms with Crippen LogP contribution in [0.1, 0.15) is 84.5 Å². The van der Waals surface area contributed by atoms with Crippen molar-refractivity contribution < 1.29 is 19.4 Å². The fourth-order valence-corrected chi connectivity index (χ4v) is 2.26. The second kappa shape index (κ2) is 14.7. The molecule has 0 aliphatic heterocycles. The first kappa shape index (κ1) is 20.7. The van der Waals surface area contributed by atoms with Crippen molar-refractivity contribution in [2.45, 2.75) is 84.5 Å². The van der Waals surface area contributed by atoms with Gasteiger partial charge in [0.2, 0.25) is 0 Å². The van der Waals surface area contributed by atoms with E-state index in [1.165, 1.54) is 25.7 Å². The van der Waals surface area contributed by atoms with Gasteiger partial charge in [-0.3, -0.25) is 0 Å². The highest BCUT2D eigenvalue weighted by molar-refractivity contribution is 5.86. The lowest BCUT2D eigenvalue weighted by Crippen LogP contribution is -2.37. The summed E-state index contributed by atoms with van der Waals surface area (Å²) in [6.45, 7) is 4.82. The van der Waals surface area contributed by atoms with Gasteiger partial charge in [0.25, 0.3) is 0 Å². The fourth-order valence-electron chi connectivity index (χ4n) is 2.26. The molecule has 0 atom stereocenters. The molecule has 0 aromatic carbocycles. The standard InChI is InChI=1S/C17H33NO4/c1-3-5-7-9-10-11-13-15-22-17(21)18(16(19)20)14-12-8-6-4-2/h3-15H2,1-2H3,(H,19,20). The molecule has 1 N–H and O–H groups in total. The molecule has 130 valence electrons. The molecule has 0 rings (SSSR count). The van der Waals surface area contributed by atoms with Gasteiger partial charge in [0.05, 0.1) is 6.61 Å². The maximum atomic E-state index is 11.7. The van der Waals surface area contributed by atoms with E-state index in [9.17, 15) is 9.59 Å². The number of amides is 2. The van der Waals surface area contributed by atoms with Crippen LogP contribution in [0, 0.1) is 0 Å². The van der Waals surface area contributed by atoms with Gasteiger partial charge in [0.1, 0.15) is 0 Å². The molecule has 0 saturated carbocycles. The van der Waals surface area contributed by atoms with Crippen molar-refractivity contribution in [1.82, 2.24) is 4.90 Å². The number of carboxylic acid groups (broad SMARTS) is 1. The van der Waals surface area contributed by atoms with Crippen LogP contribution in [-0.2, 0) is 4.74 Å². The quantitative estimate of drug-likeness (QED) is 0.460. The van der Waals surface area contributed by atoms with E-state index in [0.717, 1.165) is 43.4 Å². The zero-order valence-electron chi connectivity index (χ0n) is 14.3. The van der Waals surface area contributed by atoms with Crippen molar-refractivity contribution in [1.29, 1.82) is 0 Å². The molecule has 5 nitrogen and oxygen atoms in total. The Labute approximate surface area is 135 Å². The second-order valence-electron chi connectivity index (χ2n) is 5.73. The van der Waals surface area contributed by atoms with E-state index < -0.39 is 12.2 Å². The van der Waals surface area contributed by atoms with Gasteiger partial charge in [-0.2, -0.15) is 0 Å². The SMILES string of the molecule is CCCCCCCCCOC(=O)N(CCCCCC)C(=O)O. The number of ether oxygens (including phenoxy) is 1. The predicted octanol–water partition coefficient (Wildman–Crippen LogP) is 5.43. The van der Waals surface area contributed by atoms with Crippen molar-refractivity contribution >= 4 is 12.2 Å². The van der Waals surface area contributed by atoms with Gasteiger partial charge in [0, 0.05) is 6.54 Å². The van der Waals surface area contributed by atoms with Crippen LogP contribution in [0.4, 0.5) is 9.59 Å². The Hall–Kier alpha value is -1.26. The van der Waals surface area contributed by atoms with Gasteiger partial charge >= 0.3 is 12.2 Å². The minimum absolute atomic E-state index is 0.227. The van der Waals surface area contributed by atoms with Crippen LogP contribution in [0.5, 0.6) is 0 Å². The molecule has 0 aliphatic carbocycles. The van der Waals surface area contributed by atoms with E-state index in [2.05, 4.69) is 13.8 Å². The fraction of sp³-hybridized carbons (Fsp3) is 0.882. The minimum atomic E-state index is -1.22.